The predicted molar refractivity (Wildman–Crippen MR) is 101 cm³/mol. The van der Waals surface area contributed by atoms with E-state index in [1.54, 1.807) is 24.1 Å². The van der Waals surface area contributed by atoms with Crippen LogP contribution in [0, 0.1) is 6.92 Å². The van der Waals surface area contributed by atoms with Crippen LogP contribution in [0.5, 0.6) is 0 Å². The normalized spacial score (nSPS) is 10.8. The molecule has 2 rings (SSSR count). The molecular formula is C17H22BrN5O2. The molecule has 0 fully saturated rings. The van der Waals surface area contributed by atoms with Crippen molar-refractivity contribution in [1.29, 1.82) is 0 Å². The summed E-state index contributed by atoms with van der Waals surface area (Å²) in [5.41, 5.74) is 1.74. The third-order valence-corrected chi connectivity index (χ3v) is 4.54. The van der Waals surface area contributed by atoms with Crippen LogP contribution in [0.25, 0.3) is 0 Å². The van der Waals surface area contributed by atoms with Crippen LogP contribution in [0.4, 0.5) is 5.82 Å². The van der Waals surface area contributed by atoms with E-state index in [0.717, 1.165) is 12.1 Å². The summed E-state index contributed by atoms with van der Waals surface area (Å²) in [5.74, 6) is -0.180. The molecule has 134 valence electrons. The van der Waals surface area contributed by atoms with E-state index in [1.165, 1.54) is 0 Å². The topological polar surface area (TPSA) is 81.3 Å². The van der Waals surface area contributed by atoms with Crippen LogP contribution >= 0.6 is 15.9 Å². The number of H-pyrrole nitrogens is 1. The maximum absolute atomic E-state index is 12.5. The number of carbonyl (C=O) groups is 2. The number of nitrogens with one attached hydrogen (secondary N) is 2. The lowest BCUT2D eigenvalue weighted by atomic mass is 10.1. The van der Waals surface area contributed by atoms with Crippen LogP contribution in [-0.2, 0) is 0 Å². The number of nitrogens with zero attached hydrogens (tertiary/aromatic N) is 3. The first-order valence-electron chi connectivity index (χ1n) is 7.82. The van der Waals surface area contributed by atoms with Gasteiger partial charge in [0.1, 0.15) is 5.69 Å². The molecule has 0 bridgehead atoms. The van der Waals surface area contributed by atoms with Gasteiger partial charge in [-0.05, 0) is 48.6 Å². The second-order valence-electron chi connectivity index (χ2n) is 6.06. The summed E-state index contributed by atoms with van der Waals surface area (Å²) in [4.78, 5) is 28.5. The maximum atomic E-state index is 12.5. The number of hydrogen-bond donors (Lipinski definition) is 2. The lowest BCUT2D eigenvalue weighted by molar-refractivity contribution is 0.0779. The van der Waals surface area contributed by atoms with Crippen molar-refractivity contribution in [2.75, 3.05) is 39.5 Å². The average molecular weight is 408 g/mol. The van der Waals surface area contributed by atoms with E-state index >= 15 is 0 Å². The van der Waals surface area contributed by atoms with Crippen molar-refractivity contribution in [3.8, 4) is 0 Å². The number of likely N-dealkylation sites (N-methyl/N-ethyl adjacent to an activating group) is 2. The molecule has 2 N–H and O–H groups in total. The number of rotatable bonds is 6. The smallest absolute Gasteiger partial charge is 0.272 e. The molecule has 0 aliphatic carbocycles. The van der Waals surface area contributed by atoms with Gasteiger partial charge < -0.3 is 15.1 Å². The first-order valence-corrected chi connectivity index (χ1v) is 8.61. The molecule has 0 unspecified atom stereocenters. The van der Waals surface area contributed by atoms with E-state index < -0.39 is 0 Å². The first kappa shape index (κ1) is 19.1. The largest absolute Gasteiger partial charge is 0.339 e. The Morgan fingerprint density at radius 1 is 1.20 bits per heavy atom. The molecule has 0 aliphatic heterocycles. The molecule has 0 radical (unpaired) electrons. The minimum atomic E-state index is -0.273. The summed E-state index contributed by atoms with van der Waals surface area (Å²) >= 11 is 3.35. The molecular weight excluding hydrogens is 386 g/mol. The van der Waals surface area contributed by atoms with Crippen LogP contribution in [-0.4, -0.2) is 66.0 Å². The number of anilines is 1. The Kier molecular flexibility index (Phi) is 6.33. The van der Waals surface area contributed by atoms with Crippen LogP contribution in [0.15, 0.2) is 28.7 Å². The molecule has 0 aliphatic rings. The quantitative estimate of drug-likeness (QED) is 0.769. The van der Waals surface area contributed by atoms with Gasteiger partial charge in [-0.25, -0.2) is 0 Å². The molecule has 0 saturated carbocycles. The fourth-order valence-corrected chi connectivity index (χ4v) is 2.64. The van der Waals surface area contributed by atoms with Crippen LogP contribution in [0.2, 0.25) is 0 Å². The van der Waals surface area contributed by atoms with Gasteiger partial charge in [0.05, 0.1) is 4.47 Å². The molecule has 0 atom stereocenters. The third kappa shape index (κ3) is 4.67. The molecule has 8 heteroatoms. The number of hydrogen-bond acceptors (Lipinski definition) is 4. The van der Waals surface area contributed by atoms with Gasteiger partial charge in [0, 0.05) is 25.7 Å². The minimum Gasteiger partial charge on any atom is -0.339 e. The number of benzene rings is 1. The number of amides is 2. The van der Waals surface area contributed by atoms with Crippen molar-refractivity contribution in [2.45, 2.75) is 6.92 Å². The van der Waals surface area contributed by atoms with E-state index in [2.05, 4.69) is 31.4 Å². The van der Waals surface area contributed by atoms with Crippen molar-refractivity contribution in [2.24, 2.45) is 0 Å². The zero-order valence-corrected chi connectivity index (χ0v) is 16.3. The highest BCUT2D eigenvalue weighted by Gasteiger charge is 2.22. The molecule has 1 heterocycles. The van der Waals surface area contributed by atoms with E-state index in [0.29, 0.717) is 22.3 Å². The van der Waals surface area contributed by atoms with E-state index in [9.17, 15) is 9.59 Å². The average Bonchev–Trinajstić information content (AvgIpc) is 2.93. The zero-order valence-electron chi connectivity index (χ0n) is 14.8. The highest BCUT2D eigenvalue weighted by molar-refractivity contribution is 9.10. The summed E-state index contributed by atoms with van der Waals surface area (Å²) in [7, 11) is 5.62. The summed E-state index contributed by atoms with van der Waals surface area (Å²) < 4.78 is 0.441. The van der Waals surface area contributed by atoms with E-state index in [4.69, 9.17) is 0 Å². The number of aryl methyl sites for hydroxylation is 1. The van der Waals surface area contributed by atoms with Gasteiger partial charge in [0.15, 0.2) is 5.82 Å². The van der Waals surface area contributed by atoms with Gasteiger partial charge in [-0.15, -0.1) is 0 Å². The number of carbonyl (C=O) groups excluding carboxylic acids is 2. The van der Waals surface area contributed by atoms with Gasteiger partial charge >= 0.3 is 0 Å². The van der Waals surface area contributed by atoms with Gasteiger partial charge in [0.25, 0.3) is 11.8 Å². The molecule has 25 heavy (non-hydrogen) atoms. The lowest BCUT2D eigenvalue weighted by Gasteiger charge is -2.19. The van der Waals surface area contributed by atoms with E-state index in [-0.39, 0.29) is 17.6 Å². The molecule has 2 amide bonds. The fraction of sp³-hybridized carbons (Fsp3) is 0.353. The third-order valence-electron chi connectivity index (χ3n) is 3.77. The monoisotopic (exact) mass is 407 g/mol. The van der Waals surface area contributed by atoms with Gasteiger partial charge in [-0.3, -0.25) is 14.7 Å². The van der Waals surface area contributed by atoms with Crippen molar-refractivity contribution in [1.82, 2.24) is 20.0 Å². The Hall–Kier alpha value is -2.19. The standard InChI is InChI=1S/C17H22BrN5O2/c1-11-7-5-6-8-12(11)16(24)19-15-13(18)14(20-21-15)17(25)23(4)10-9-22(2)3/h5-8H,9-10H2,1-4H3,(H2,19,20,21,24). The second kappa shape index (κ2) is 8.26. The zero-order chi connectivity index (χ0) is 18.6. The van der Waals surface area contributed by atoms with Crippen LogP contribution < -0.4 is 5.32 Å². The van der Waals surface area contributed by atoms with Crippen LogP contribution in [0.1, 0.15) is 26.4 Å². The van der Waals surface area contributed by atoms with Crippen LogP contribution in [0.3, 0.4) is 0 Å². The summed E-state index contributed by atoms with van der Waals surface area (Å²) in [6.45, 7) is 3.20. The Morgan fingerprint density at radius 2 is 1.88 bits per heavy atom. The van der Waals surface area contributed by atoms with E-state index in [1.807, 2.05) is 38.1 Å². The van der Waals surface area contributed by atoms with Crippen molar-refractivity contribution >= 4 is 33.6 Å². The predicted octanol–water partition coefficient (Wildman–Crippen LogP) is 2.37. The van der Waals surface area contributed by atoms with Gasteiger partial charge in [-0.2, -0.15) is 5.10 Å². The first-order chi connectivity index (χ1) is 11.8. The molecule has 0 saturated heterocycles. The molecule has 7 nitrogen and oxygen atoms in total. The Balaban J connectivity index is 2.11. The van der Waals surface area contributed by atoms with Gasteiger partial charge in [0.2, 0.25) is 0 Å². The number of halogens is 1. The highest BCUT2D eigenvalue weighted by atomic mass is 79.9. The molecule has 2 aromatic rings. The lowest BCUT2D eigenvalue weighted by Crippen LogP contribution is -2.33. The fourth-order valence-electron chi connectivity index (χ4n) is 2.20. The Morgan fingerprint density at radius 3 is 2.52 bits per heavy atom. The SMILES string of the molecule is Cc1ccccc1C(=O)Nc1n[nH]c(C(=O)N(C)CCN(C)C)c1Br. The number of aromatic nitrogens is 2. The second-order valence-corrected chi connectivity index (χ2v) is 6.85. The molecule has 1 aromatic heterocycles. The summed E-state index contributed by atoms with van der Waals surface area (Å²) in [5, 5.41) is 9.47. The van der Waals surface area contributed by atoms with Gasteiger partial charge in [-0.1, -0.05) is 18.2 Å². The molecule has 1 aromatic carbocycles. The summed E-state index contributed by atoms with van der Waals surface area (Å²) in [6, 6.07) is 7.28. The van der Waals surface area contributed by atoms with Crippen molar-refractivity contribution in [3.63, 3.8) is 0 Å². The van der Waals surface area contributed by atoms with Crippen molar-refractivity contribution in [3.05, 3.63) is 45.6 Å². The minimum absolute atomic E-state index is 0.197. The summed E-state index contributed by atoms with van der Waals surface area (Å²) in [6.07, 6.45) is 0. The maximum Gasteiger partial charge on any atom is 0.272 e. The Bertz CT molecular complexity index is 772. The number of aromatic amines is 1. The van der Waals surface area contributed by atoms with Crippen molar-refractivity contribution < 1.29 is 9.59 Å². The highest BCUT2D eigenvalue weighted by Crippen LogP contribution is 2.25. The molecule has 0 spiro atoms. The Labute approximate surface area is 155 Å².